The maximum atomic E-state index is 11.2. The molecule has 0 aliphatic heterocycles. The first-order valence-electron chi connectivity index (χ1n) is 4.82. The van der Waals surface area contributed by atoms with E-state index in [2.05, 4.69) is 5.32 Å². The highest BCUT2D eigenvalue weighted by Crippen LogP contribution is 1.92. The van der Waals surface area contributed by atoms with E-state index in [1.54, 1.807) is 7.11 Å². The molecule has 0 aromatic rings. The lowest BCUT2D eigenvalue weighted by Crippen LogP contribution is -2.36. The maximum absolute atomic E-state index is 11.2. The van der Waals surface area contributed by atoms with Crippen LogP contribution < -0.4 is 5.32 Å². The third kappa shape index (κ3) is 7.26. The molecule has 90 valence electrons. The summed E-state index contributed by atoms with van der Waals surface area (Å²) in [5.74, 6) is -1.11. The Bertz CT molecular complexity index is 161. The predicted molar refractivity (Wildman–Crippen MR) is 53.4 cm³/mol. The highest BCUT2D eigenvalue weighted by atomic mass is 16.5. The zero-order chi connectivity index (χ0) is 11.5. The van der Waals surface area contributed by atoms with Gasteiger partial charge in [-0.1, -0.05) is 0 Å². The summed E-state index contributed by atoms with van der Waals surface area (Å²) in [5.41, 5.74) is 0. The first kappa shape index (κ1) is 14.3. The van der Waals surface area contributed by atoms with Crippen LogP contribution in [0, 0.1) is 5.92 Å². The summed E-state index contributed by atoms with van der Waals surface area (Å²) < 4.78 is 9.87. The van der Waals surface area contributed by atoms with Crippen LogP contribution in [-0.4, -0.2) is 62.8 Å². The number of amides is 1. The molecule has 3 N–H and O–H groups in total. The molecule has 0 heterocycles. The van der Waals surface area contributed by atoms with Gasteiger partial charge in [0.25, 0.3) is 0 Å². The summed E-state index contributed by atoms with van der Waals surface area (Å²) in [5, 5.41) is 19.9. The van der Waals surface area contributed by atoms with Crippen molar-refractivity contribution in [2.75, 3.05) is 46.7 Å². The Kier molecular flexibility index (Phi) is 9.40. The molecule has 0 bridgehead atoms. The van der Waals surface area contributed by atoms with E-state index in [1.165, 1.54) is 0 Å². The van der Waals surface area contributed by atoms with E-state index in [4.69, 9.17) is 19.7 Å². The molecule has 0 aromatic carbocycles. The van der Waals surface area contributed by atoms with Gasteiger partial charge >= 0.3 is 0 Å². The van der Waals surface area contributed by atoms with E-state index in [0.29, 0.717) is 26.4 Å². The van der Waals surface area contributed by atoms with Gasteiger partial charge in [-0.05, 0) is 0 Å². The average molecular weight is 221 g/mol. The summed E-state index contributed by atoms with van der Waals surface area (Å²) in [6.07, 6.45) is 0. The van der Waals surface area contributed by atoms with Gasteiger partial charge in [0.2, 0.25) is 5.91 Å². The Morgan fingerprint density at radius 3 is 2.47 bits per heavy atom. The minimum absolute atomic E-state index is 0.354. The van der Waals surface area contributed by atoms with Crippen molar-refractivity contribution in [3.63, 3.8) is 0 Å². The van der Waals surface area contributed by atoms with E-state index in [-0.39, 0.29) is 19.1 Å². The third-order valence-electron chi connectivity index (χ3n) is 1.79. The Labute approximate surface area is 89.2 Å². The van der Waals surface area contributed by atoms with Gasteiger partial charge in [0.05, 0.1) is 39.0 Å². The normalized spacial score (nSPS) is 10.7. The minimum atomic E-state index is -0.746. The molecule has 1 amide bonds. The number of rotatable bonds is 9. The molecule has 0 unspecified atom stereocenters. The van der Waals surface area contributed by atoms with Gasteiger partial charge in [0.15, 0.2) is 0 Å². The molecule has 6 nitrogen and oxygen atoms in total. The Hall–Kier alpha value is -0.690. The van der Waals surface area contributed by atoms with E-state index in [9.17, 15) is 4.79 Å². The topological polar surface area (TPSA) is 88.0 Å². The maximum Gasteiger partial charge on any atom is 0.227 e. The van der Waals surface area contributed by atoms with Crippen LogP contribution in [0.2, 0.25) is 0 Å². The highest BCUT2D eigenvalue weighted by Gasteiger charge is 2.14. The van der Waals surface area contributed by atoms with E-state index in [0.717, 1.165) is 0 Å². The molecule has 0 rings (SSSR count). The van der Waals surface area contributed by atoms with Crippen molar-refractivity contribution in [3.8, 4) is 0 Å². The van der Waals surface area contributed by atoms with Crippen molar-refractivity contribution in [1.82, 2.24) is 5.32 Å². The van der Waals surface area contributed by atoms with E-state index in [1.807, 2.05) is 0 Å². The second-order valence-electron chi connectivity index (χ2n) is 2.96. The van der Waals surface area contributed by atoms with Crippen molar-refractivity contribution in [2.45, 2.75) is 0 Å². The van der Waals surface area contributed by atoms with Crippen molar-refractivity contribution < 1.29 is 24.5 Å². The van der Waals surface area contributed by atoms with Gasteiger partial charge in [-0.25, -0.2) is 0 Å². The van der Waals surface area contributed by atoms with Crippen LogP contribution in [-0.2, 0) is 14.3 Å². The molecule has 6 heteroatoms. The Morgan fingerprint density at radius 2 is 1.93 bits per heavy atom. The number of ether oxygens (including phenoxy) is 2. The number of aliphatic hydroxyl groups excluding tert-OH is 2. The number of carbonyl (C=O) groups excluding carboxylic acids is 1. The minimum Gasteiger partial charge on any atom is -0.395 e. The average Bonchev–Trinajstić information content (AvgIpc) is 2.25. The van der Waals surface area contributed by atoms with Crippen LogP contribution >= 0.6 is 0 Å². The fourth-order valence-corrected chi connectivity index (χ4v) is 0.859. The summed E-state index contributed by atoms with van der Waals surface area (Å²) in [6.45, 7) is 1.04. The predicted octanol–water partition coefficient (Wildman–Crippen LogP) is -1.63. The molecule has 0 saturated heterocycles. The second-order valence-corrected chi connectivity index (χ2v) is 2.96. The summed E-state index contributed by atoms with van der Waals surface area (Å²) in [6, 6.07) is 0. The van der Waals surface area contributed by atoms with Crippen LogP contribution in [0.1, 0.15) is 0 Å². The van der Waals surface area contributed by atoms with Crippen LogP contribution in [0.3, 0.4) is 0 Å². The van der Waals surface area contributed by atoms with E-state index >= 15 is 0 Å². The van der Waals surface area contributed by atoms with Gasteiger partial charge in [-0.2, -0.15) is 0 Å². The molecule has 0 radical (unpaired) electrons. The lowest BCUT2D eigenvalue weighted by molar-refractivity contribution is -0.127. The van der Waals surface area contributed by atoms with Crippen LogP contribution in [0.15, 0.2) is 0 Å². The number of methoxy groups -OCH3 is 1. The third-order valence-corrected chi connectivity index (χ3v) is 1.79. The van der Waals surface area contributed by atoms with Crippen LogP contribution in [0.25, 0.3) is 0 Å². The van der Waals surface area contributed by atoms with Gasteiger partial charge in [-0.15, -0.1) is 0 Å². The highest BCUT2D eigenvalue weighted by molar-refractivity contribution is 5.78. The number of nitrogens with one attached hydrogen (secondary N) is 1. The molecule has 0 aromatic heterocycles. The van der Waals surface area contributed by atoms with Crippen molar-refractivity contribution >= 4 is 5.91 Å². The number of hydrogen-bond acceptors (Lipinski definition) is 5. The summed E-state index contributed by atoms with van der Waals surface area (Å²) in [4.78, 5) is 11.2. The molecule has 0 aliphatic rings. The molecule has 0 saturated carbocycles. The first-order valence-corrected chi connectivity index (χ1v) is 4.82. The quantitative estimate of drug-likeness (QED) is 0.407. The number of carbonyl (C=O) groups is 1. The Balaban J connectivity index is 3.38. The summed E-state index contributed by atoms with van der Waals surface area (Å²) in [7, 11) is 1.58. The molecule has 0 atom stereocenters. The van der Waals surface area contributed by atoms with Gasteiger partial charge in [0.1, 0.15) is 0 Å². The number of aliphatic hydroxyl groups is 2. The Morgan fingerprint density at radius 1 is 1.27 bits per heavy atom. The van der Waals surface area contributed by atoms with E-state index < -0.39 is 5.92 Å². The van der Waals surface area contributed by atoms with Crippen molar-refractivity contribution in [3.05, 3.63) is 0 Å². The zero-order valence-corrected chi connectivity index (χ0v) is 8.94. The zero-order valence-electron chi connectivity index (χ0n) is 8.94. The fourth-order valence-electron chi connectivity index (χ4n) is 0.859. The van der Waals surface area contributed by atoms with Gasteiger partial charge < -0.3 is 25.0 Å². The van der Waals surface area contributed by atoms with Crippen LogP contribution in [0.5, 0.6) is 0 Å². The number of hydrogen-bond donors (Lipinski definition) is 3. The van der Waals surface area contributed by atoms with Crippen molar-refractivity contribution in [1.29, 1.82) is 0 Å². The van der Waals surface area contributed by atoms with Gasteiger partial charge in [-0.3, -0.25) is 4.79 Å². The SMILES string of the molecule is COCCOCCNC(=O)C(CO)CO. The fraction of sp³-hybridized carbons (Fsp3) is 0.889. The molecule has 0 spiro atoms. The monoisotopic (exact) mass is 221 g/mol. The smallest absolute Gasteiger partial charge is 0.227 e. The lowest BCUT2D eigenvalue weighted by atomic mass is 10.1. The largest absolute Gasteiger partial charge is 0.395 e. The van der Waals surface area contributed by atoms with Crippen LogP contribution in [0.4, 0.5) is 0 Å². The van der Waals surface area contributed by atoms with Gasteiger partial charge in [0, 0.05) is 13.7 Å². The first-order chi connectivity index (χ1) is 7.26. The lowest BCUT2D eigenvalue weighted by Gasteiger charge is -2.11. The molecule has 15 heavy (non-hydrogen) atoms. The molecular weight excluding hydrogens is 202 g/mol. The van der Waals surface area contributed by atoms with Crippen molar-refractivity contribution in [2.24, 2.45) is 5.92 Å². The molecular formula is C9H19NO5. The molecule has 0 aliphatic carbocycles. The molecule has 0 fully saturated rings. The standard InChI is InChI=1S/C9H19NO5/c1-14-4-5-15-3-2-10-9(13)8(6-11)7-12/h8,11-12H,2-7H2,1H3,(H,10,13). The summed E-state index contributed by atoms with van der Waals surface area (Å²) >= 11 is 0. The second kappa shape index (κ2) is 9.85.